The van der Waals surface area contributed by atoms with Crippen LogP contribution in [0.25, 0.3) is 0 Å². The van der Waals surface area contributed by atoms with Gasteiger partial charge in [0.1, 0.15) is 5.69 Å². The van der Waals surface area contributed by atoms with Gasteiger partial charge in [-0.2, -0.15) is 0 Å². The number of hydrogen-bond donors (Lipinski definition) is 2. The summed E-state index contributed by atoms with van der Waals surface area (Å²) in [4.78, 5) is 17.2. The molecule has 118 valence electrons. The second-order valence-corrected chi connectivity index (χ2v) is 5.96. The highest BCUT2D eigenvalue weighted by molar-refractivity contribution is 6.44. The Morgan fingerprint density at radius 1 is 1.41 bits per heavy atom. The molecule has 2 N–H and O–H groups in total. The van der Waals surface area contributed by atoms with E-state index in [4.69, 9.17) is 27.6 Å². The predicted octanol–water partition coefficient (Wildman–Crippen LogP) is 2.41. The third kappa shape index (κ3) is 2.91. The normalized spacial score (nSPS) is 16.0. The highest BCUT2D eigenvalue weighted by atomic mass is 35.5. The van der Waals surface area contributed by atoms with Crippen LogP contribution in [0.2, 0.25) is 10.0 Å². The number of carbonyl (C=O) groups excluding carboxylic acids is 1. The maximum absolute atomic E-state index is 12.3. The number of H-pyrrole nitrogens is 1. The Labute approximate surface area is 137 Å². The first-order valence-corrected chi connectivity index (χ1v) is 7.67. The first-order valence-electron chi connectivity index (χ1n) is 6.91. The van der Waals surface area contributed by atoms with Crippen molar-refractivity contribution in [2.45, 2.75) is 25.8 Å². The topological polar surface area (TPSA) is 87.0 Å². The fourth-order valence-corrected chi connectivity index (χ4v) is 2.92. The number of piperidine rings is 1. The van der Waals surface area contributed by atoms with Crippen molar-refractivity contribution in [2.24, 2.45) is 0 Å². The number of aromatic amines is 1. The van der Waals surface area contributed by atoms with E-state index in [2.05, 4.69) is 20.5 Å². The van der Waals surface area contributed by atoms with Crippen LogP contribution >= 0.6 is 23.2 Å². The lowest BCUT2D eigenvalue weighted by Crippen LogP contribution is -2.45. The molecule has 0 radical (unpaired) electrons. The maximum atomic E-state index is 12.3. The largest absolute Gasteiger partial charge is 0.411 e. The average molecular weight is 344 g/mol. The van der Waals surface area contributed by atoms with Gasteiger partial charge in [0.15, 0.2) is 0 Å². The van der Waals surface area contributed by atoms with Crippen molar-refractivity contribution in [3.05, 3.63) is 27.8 Å². The van der Waals surface area contributed by atoms with Crippen LogP contribution in [0.3, 0.4) is 0 Å². The van der Waals surface area contributed by atoms with Crippen LogP contribution < -0.4 is 10.2 Å². The average Bonchev–Trinajstić information content (AvgIpc) is 3.13. The second-order valence-electron chi connectivity index (χ2n) is 5.21. The molecule has 1 saturated heterocycles. The number of amides is 1. The van der Waals surface area contributed by atoms with Gasteiger partial charge in [0, 0.05) is 24.8 Å². The molecule has 1 fully saturated rings. The molecule has 0 aromatic carbocycles. The first kappa shape index (κ1) is 15.2. The fraction of sp³-hybridized carbons (Fsp3) is 0.462. The molecule has 2 aromatic rings. The number of nitrogens with zero attached hydrogens (tertiary/aromatic N) is 3. The van der Waals surface area contributed by atoms with E-state index in [1.807, 2.05) is 4.90 Å². The van der Waals surface area contributed by atoms with Crippen LogP contribution in [-0.2, 0) is 0 Å². The molecule has 1 amide bonds. The van der Waals surface area contributed by atoms with Gasteiger partial charge >= 0.3 is 6.01 Å². The van der Waals surface area contributed by atoms with Crippen molar-refractivity contribution in [1.29, 1.82) is 0 Å². The zero-order valence-corrected chi connectivity index (χ0v) is 13.4. The molecule has 0 unspecified atom stereocenters. The molecule has 0 aliphatic carbocycles. The molecule has 0 saturated carbocycles. The van der Waals surface area contributed by atoms with E-state index in [1.165, 1.54) is 6.39 Å². The van der Waals surface area contributed by atoms with Gasteiger partial charge in [-0.05, 0) is 19.8 Å². The summed E-state index contributed by atoms with van der Waals surface area (Å²) in [6, 6.07) is 0.588. The van der Waals surface area contributed by atoms with Gasteiger partial charge in [-0.3, -0.25) is 4.79 Å². The minimum Gasteiger partial charge on any atom is -0.411 e. The number of carbonyl (C=O) groups is 1. The molecule has 3 rings (SSSR count). The predicted molar refractivity (Wildman–Crippen MR) is 82.5 cm³/mol. The van der Waals surface area contributed by atoms with E-state index in [0.717, 1.165) is 25.9 Å². The van der Waals surface area contributed by atoms with Gasteiger partial charge in [-0.25, -0.2) is 0 Å². The monoisotopic (exact) mass is 343 g/mol. The number of hydrogen-bond acceptors (Lipinski definition) is 5. The van der Waals surface area contributed by atoms with Crippen molar-refractivity contribution in [3.8, 4) is 0 Å². The van der Waals surface area contributed by atoms with Gasteiger partial charge in [-0.1, -0.05) is 28.3 Å². The van der Waals surface area contributed by atoms with Crippen molar-refractivity contribution in [3.63, 3.8) is 0 Å². The lowest BCUT2D eigenvalue weighted by Gasteiger charge is -2.30. The summed E-state index contributed by atoms with van der Waals surface area (Å²) in [6.07, 6.45) is 2.89. The Balaban J connectivity index is 1.58. The maximum Gasteiger partial charge on any atom is 0.317 e. The van der Waals surface area contributed by atoms with E-state index in [9.17, 15) is 4.79 Å². The van der Waals surface area contributed by atoms with Crippen LogP contribution in [0, 0.1) is 6.92 Å². The third-order valence-electron chi connectivity index (χ3n) is 3.73. The minimum atomic E-state index is -0.240. The van der Waals surface area contributed by atoms with Crippen LogP contribution in [0.1, 0.15) is 29.0 Å². The van der Waals surface area contributed by atoms with Crippen molar-refractivity contribution in [1.82, 2.24) is 20.5 Å². The summed E-state index contributed by atoms with van der Waals surface area (Å²) in [5.41, 5.74) is 0.992. The molecule has 3 heterocycles. The van der Waals surface area contributed by atoms with E-state index in [-0.39, 0.29) is 17.0 Å². The van der Waals surface area contributed by atoms with E-state index in [0.29, 0.717) is 22.4 Å². The summed E-state index contributed by atoms with van der Waals surface area (Å²) < 4.78 is 5.17. The highest BCUT2D eigenvalue weighted by Gasteiger charge is 2.25. The molecular formula is C13H15Cl2N5O2. The summed E-state index contributed by atoms with van der Waals surface area (Å²) in [5.74, 6) is -0.240. The first-order chi connectivity index (χ1) is 10.6. The Morgan fingerprint density at radius 3 is 2.68 bits per heavy atom. The van der Waals surface area contributed by atoms with Crippen LogP contribution in [-0.4, -0.2) is 40.2 Å². The number of rotatable bonds is 3. The van der Waals surface area contributed by atoms with E-state index >= 15 is 0 Å². The van der Waals surface area contributed by atoms with Gasteiger partial charge in [-0.15, -0.1) is 5.10 Å². The second kappa shape index (κ2) is 6.18. The van der Waals surface area contributed by atoms with Crippen molar-refractivity contribution >= 4 is 35.1 Å². The van der Waals surface area contributed by atoms with Crippen molar-refractivity contribution < 1.29 is 9.21 Å². The quantitative estimate of drug-likeness (QED) is 0.893. The Hall–Kier alpha value is -1.73. The fourth-order valence-electron chi connectivity index (χ4n) is 2.51. The zero-order valence-electron chi connectivity index (χ0n) is 11.9. The molecule has 0 bridgehead atoms. The molecule has 7 nitrogen and oxygen atoms in total. The number of halogens is 2. The number of aryl methyl sites for hydroxylation is 1. The van der Waals surface area contributed by atoms with Gasteiger partial charge in [0.05, 0.1) is 10.0 Å². The molecule has 2 aromatic heterocycles. The zero-order chi connectivity index (χ0) is 15.7. The Morgan fingerprint density at radius 2 is 2.14 bits per heavy atom. The van der Waals surface area contributed by atoms with E-state index in [1.54, 1.807) is 6.92 Å². The number of anilines is 1. The SMILES string of the molecule is Cc1[nH]c(C(=O)NC2CCN(c3nnco3)CC2)c(Cl)c1Cl. The molecule has 0 spiro atoms. The van der Waals surface area contributed by atoms with Crippen LogP contribution in [0.4, 0.5) is 6.01 Å². The van der Waals surface area contributed by atoms with Crippen molar-refractivity contribution in [2.75, 3.05) is 18.0 Å². The van der Waals surface area contributed by atoms with Gasteiger partial charge < -0.3 is 19.6 Å². The lowest BCUT2D eigenvalue weighted by atomic mass is 10.1. The van der Waals surface area contributed by atoms with E-state index < -0.39 is 0 Å². The summed E-state index contributed by atoms with van der Waals surface area (Å²) in [5, 5.41) is 11.2. The summed E-state index contributed by atoms with van der Waals surface area (Å²) in [7, 11) is 0. The number of aromatic nitrogens is 3. The molecule has 22 heavy (non-hydrogen) atoms. The molecular weight excluding hydrogens is 329 g/mol. The Bertz CT molecular complexity index is 662. The third-order valence-corrected chi connectivity index (χ3v) is 4.68. The van der Waals surface area contributed by atoms with Gasteiger partial charge in [0.2, 0.25) is 6.39 Å². The minimum absolute atomic E-state index is 0.0742. The standard InChI is InChI=1S/C13H15Cl2N5O2/c1-7-9(14)10(15)11(17-7)12(21)18-8-2-4-20(5-3-8)13-19-16-6-22-13/h6,8,17H,2-5H2,1H3,(H,18,21). The molecule has 1 aliphatic rings. The molecule has 0 atom stereocenters. The van der Waals surface area contributed by atoms with Crippen LogP contribution in [0.15, 0.2) is 10.8 Å². The summed E-state index contributed by atoms with van der Waals surface area (Å²) in [6.45, 7) is 3.25. The molecule has 1 aliphatic heterocycles. The lowest BCUT2D eigenvalue weighted by molar-refractivity contribution is 0.0926. The summed E-state index contributed by atoms with van der Waals surface area (Å²) >= 11 is 12.0. The highest BCUT2D eigenvalue weighted by Crippen LogP contribution is 2.29. The molecule has 9 heteroatoms. The van der Waals surface area contributed by atoms with Crippen LogP contribution in [0.5, 0.6) is 0 Å². The smallest absolute Gasteiger partial charge is 0.317 e. The Kier molecular flexibility index (Phi) is 4.26. The van der Waals surface area contributed by atoms with Gasteiger partial charge in [0.25, 0.3) is 5.91 Å². The number of nitrogens with one attached hydrogen (secondary N) is 2.